The highest BCUT2D eigenvalue weighted by atomic mass is 32.2. The minimum Gasteiger partial charge on any atom is -0.261 e. The van der Waals surface area contributed by atoms with Gasteiger partial charge in [0.2, 0.25) is 10.0 Å². The summed E-state index contributed by atoms with van der Waals surface area (Å²) in [6.45, 7) is 1.79. The number of aromatic nitrogens is 1. The number of non-ortho nitro benzene ring substituents is 1. The van der Waals surface area contributed by atoms with E-state index in [1.807, 2.05) is 0 Å². The fourth-order valence-corrected chi connectivity index (χ4v) is 3.83. The van der Waals surface area contributed by atoms with Crippen LogP contribution in [-0.2, 0) is 10.0 Å². The first-order valence-corrected chi connectivity index (χ1v) is 8.65. The van der Waals surface area contributed by atoms with Gasteiger partial charge in [0.05, 0.1) is 16.1 Å². The standard InChI is InChI=1S/C12H13N3O4S2/c1-8-6-9-10(7-14-8)11(15(16)17)2-3-12(9)20-4-5-21(13,18)19/h2-3,6-7H,4-5H2,1H3,(H2,13,18,19). The van der Waals surface area contributed by atoms with E-state index in [0.717, 1.165) is 10.6 Å². The van der Waals surface area contributed by atoms with Crippen LogP contribution in [0.15, 0.2) is 29.3 Å². The molecular formula is C12H13N3O4S2. The zero-order valence-corrected chi connectivity index (χ0v) is 12.8. The van der Waals surface area contributed by atoms with E-state index in [1.165, 1.54) is 24.0 Å². The summed E-state index contributed by atoms with van der Waals surface area (Å²) in [6.07, 6.45) is 1.46. The molecule has 112 valence electrons. The van der Waals surface area contributed by atoms with Crippen LogP contribution in [-0.4, -0.2) is 29.8 Å². The number of benzene rings is 1. The lowest BCUT2D eigenvalue weighted by atomic mass is 10.1. The molecule has 2 rings (SSSR count). The van der Waals surface area contributed by atoms with Crippen LogP contribution >= 0.6 is 11.8 Å². The highest BCUT2D eigenvalue weighted by Crippen LogP contribution is 2.33. The number of nitro groups is 1. The molecule has 0 saturated carbocycles. The number of pyridine rings is 1. The van der Waals surface area contributed by atoms with Crippen LogP contribution in [0.3, 0.4) is 0 Å². The summed E-state index contributed by atoms with van der Waals surface area (Å²) in [5.74, 6) is 0.132. The summed E-state index contributed by atoms with van der Waals surface area (Å²) in [5, 5.41) is 17.1. The fraction of sp³-hybridized carbons (Fsp3) is 0.250. The molecule has 0 saturated heterocycles. The smallest absolute Gasteiger partial charge is 0.261 e. The molecule has 0 aliphatic carbocycles. The van der Waals surface area contributed by atoms with Crippen LogP contribution in [0.4, 0.5) is 5.69 Å². The first kappa shape index (κ1) is 15.7. The number of hydrogen-bond acceptors (Lipinski definition) is 6. The summed E-state index contributed by atoms with van der Waals surface area (Å²) < 4.78 is 21.9. The third-order valence-corrected chi connectivity index (χ3v) is 4.90. The van der Waals surface area contributed by atoms with Gasteiger partial charge in [-0.05, 0) is 19.1 Å². The highest BCUT2D eigenvalue weighted by molar-refractivity contribution is 8.00. The number of fused-ring (bicyclic) bond motifs is 1. The first-order chi connectivity index (χ1) is 9.78. The number of primary sulfonamides is 1. The Morgan fingerprint density at radius 1 is 1.38 bits per heavy atom. The number of rotatable bonds is 5. The molecule has 21 heavy (non-hydrogen) atoms. The van der Waals surface area contributed by atoms with Gasteiger partial charge < -0.3 is 0 Å². The van der Waals surface area contributed by atoms with Crippen molar-refractivity contribution in [2.75, 3.05) is 11.5 Å². The maximum absolute atomic E-state index is 11.0. The molecule has 1 aromatic carbocycles. The van der Waals surface area contributed by atoms with Crippen LogP contribution in [0.5, 0.6) is 0 Å². The van der Waals surface area contributed by atoms with E-state index in [1.54, 1.807) is 19.1 Å². The molecule has 1 aromatic heterocycles. The Labute approximate surface area is 125 Å². The van der Waals surface area contributed by atoms with Crippen molar-refractivity contribution < 1.29 is 13.3 Å². The summed E-state index contributed by atoms with van der Waals surface area (Å²) in [7, 11) is -3.52. The van der Waals surface area contributed by atoms with E-state index in [-0.39, 0.29) is 17.2 Å². The molecule has 0 spiro atoms. The predicted octanol–water partition coefficient (Wildman–Crippen LogP) is 1.83. The van der Waals surface area contributed by atoms with Gasteiger partial charge in [-0.2, -0.15) is 0 Å². The highest BCUT2D eigenvalue weighted by Gasteiger charge is 2.15. The van der Waals surface area contributed by atoms with E-state index < -0.39 is 14.9 Å². The van der Waals surface area contributed by atoms with Gasteiger partial charge >= 0.3 is 0 Å². The van der Waals surface area contributed by atoms with Gasteiger partial charge in [-0.15, -0.1) is 11.8 Å². The number of sulfonamides is 1. The van der Waals surface area contributed by atoms with Crippen LogP contribution < -0.4 is 5.14 Å². The molecule has 0 fully saturated rings. The van der Waals surface area contributed by atoms with Gasteiger partial charge in [-0.1, -0.05) is 0 Å². The maximum atomic E-state index is 11.0. The number of hydrogen-bond donors (Lipinski definition) is 1. The molecule has 0 amide bonds. The number of thioether (sulfide) groups is 1. The van der Waals surface area contributed by atoms with Crippen molar-refractivity contribution in [1.29, 1.82) is 0 Å². The van der Waals surface area contributed by atoms with Crippen molar-refractivity contribution in [3.63, 3.8) is 0 Å². The topological polar surface area (TPSA) is 116 Å². The third kappa shape index (κ3) is 3.90. The fourth-order valence-electron chi connectivity index (χ4n) is 1.85. The molecule has 2 aromatic rings. The van der Waals surface area contributed by atoms with Gasteiger partial charge in [0.1, 0.15) is 0 Å². The second-order valence-corrected chi connectivity index (χ2v) is 7.30. The van der Waals surface area contributed by atoms with Crippen molar-refractivity contribution in [2.24, 2.45) is 5.14 Å². The third-order valence-electron chi connectivity index (χ3n) is 2.80. The second-order valence-electron chi connectivity index (χ2n) is 4.43. The molecule has 0 aliphatic rings. The maximum Gasteiger partial charge on any atom is 0.278 e. The second kappa shape index (κ2) is 5.96. The number of nitro benzene ring substituents is 1. The largest absolute Gasteiger partial charge is 0.278 e. The molecule has 9 heteroatoms. The van der Waals surface area contributed by atoms with Crippen molar-refractivity contribution in [2.45, 2.75) is 11.8 Å². The quantitative estimate of drug-likeness (QED) is 0.509. The Morgan fingerprint density at radius 3 is 2.71 bits per heavy atom. The van der Waals surface area contributed by atoms with Crippen LogP contribution in [0.25, 0.3) is 10.8 Å². The molecule has 0 bridgehead atoms. The van der Waals surface area contributed by atoms with Crippen molar-refractivity contribution in [1.82, 2.24) is 4.98 Å². The van der Waals surface area contributed by atoms with Gasteiger partial charge in [0.15, 0.2) is 0 Å². The van der Waals surface area contributed by atoms with Crippen molar-refractivity contribution >= 4 is 38.2 Å². The lowest BCUT2D eigenvalue weighted by Gasteiger charge is -2.07. The van der Waals surface area contributed by atoms with Gasteiger partial charge in [0, 0.05) is 34.0 Å². The molecule has 0 aliphatic heterocycles. The zero-order chi connectivity index (χ0) is 15.6. The lowest BCUT2D eigenvalue weighted by Crippen LogP contribution is -2.17. The molecule has 7 nitrogen and oxygen atoms in total. The number of aryl methyl sites for hydroxylation is 1. The SMILES string of the molecule is Cc1cc2c(SCCS(N)(=O)=O)ccc([N+](=O)[O-])c2cn1. The van der Waals surface area contributed by atoms with E-state index in [0.29, 0.717) is 10.8 Å². The Morgan fingerprint density at radius 2 is 2.10 bits per heavy atom. The monoisotopic (exact) mass is 327 g/mol. The lowest BCUT2D eigenvalue weighted by molar-refractivity contribution is -0.383. The van der Waals surface area contributed by atoms with E-state index in [9.17, 15) is 18.5 Å². The van der Waals surface area contributed by atoms with Gasteiger partial charge in [0.25, 0.3) is 5.69 Å². The van der Waals surface area contributed by atoms with Gasteiger partial charge in [-0.25, -0.2) is 13.6 Å². The zero-order valence-electron chi connectivity index (χ0n) is 11.1. The van der Waals surface area contributed by atoms with Crippen LogP contribution in [0.1, 0.15) is 5.69 Å². The van der Waals surface area contributed by atoms with E-state index in [2.05, 4.69) is 4.98 Å². The normalized spacial score (nSPS) is 11.7. The number of nitrogens with zero attached hydrogens (tertiary/aromatic N) is 2. The minimum absolute atomic E-state index is 0.0201. The number of nitrogens with two attached hydrogens (primary N) is 1. The molecule has 0 unspecified atom stereocenters. The summed E-state index contributed by atoms with van der Waals surface area (Å²) in [5.41, 5.74) is 0.713. The van der Waals surface area contributed by atoms with E-state index in [4.69, 9.17) is 5.14 Å². The van der Waals surface area contributed by atoms with Crippen molar-refractivity contribution in [3.8, 4) is 0 Å². The molecule has 0 atom stereocenters. The Hall–Kier alpha value is -1.71. The van der Waals surface area contributed by atoms with Crippen LogP contribution in [0.2, 0.25) is 0 Å². The first-order valence-electron chi connectivity index (χ1n) is 5.95. The summed E-state index contributed by atoms with van der Waals surface area (Å²) in [6, 6.07) is 4.77. The summed E-state index contributed by atoms with van der Waals surface area (Å²) >= 11 is 1.30. The Bertz CT molecular complexity index is 805. The van der Waals surface area contributed by atoms with Gasteiger partial charge in [-0.3, -0.25) is 15.1 Å². The van der Waals surface area contributed by atoms with Crippen molar-refractivity contribution in [3.05, 3.63) is 40.2 Å². The minimum atomic E-state index is -3.52. The van der Waals surface area contributed by atoms with Crippen LogP contribution in [0, 0.1) is 17.0 Å². The molecule has 2 N–H and O–H groups in total. The molecule has 1 heterocycles. The molecule has 0 radical (unpaired) electrons. The summed E-state index contributed by atoms with van der Waals surface area (Å²) in [4.78, 5) is 15.4. The molecular weight excluding hydrogens is 314 g/mol. The van der Waals surface area contributed by atoms with E-state index >= 15 is 0 Å². The predicted molar refractivity (Wildman–Crippen MR) is 81.8 cm³/mol. The Kier molecular flexibility index (Phi) is 4.45. The average molecular weight is 327 g/mol. The average Bonchev–Trinajstić information content (AvgIpc) is 2.37. The Balaban J connectivity index is 2.43.